The second kappa shape index (κ2) is 4.47. The van der Waals surface area contributed by atoms with Crippen LogP contribution < -0.4 is 10.6 Å². The summed E-state index contributed by atoms with van der Waals surface area (Å²) in [6.07, 6.45) is 7.69. The molecule has 1 amide bonds. The third-order valence-electron chi connectivity index (χ3n) is 8.14. The van der Waals surface area contributed by atoms with Crippen molar-refractivity contribution in [1.29, 1.82) is 0 Å². The van der Waals surface area contributed by atoms with Crippen LogP contribution in [-0.2, 0) is 4.79 Å². The van der Waals surface area contributed by atoms with Crippen LogP contribution in [0.3, 0.4) is 0 Å². The number of carbonyl (C=O) groups is 1. The van der Waals surface area contributed by atoms with Crippen LogP contribution in [0.1, 0.15) is 59.3 Å². The highest BCUT2D eigenvalue weighted by atomic mass is 16.2. The number of fused-ring (bicyclic) bond motifs is 3. The Hall–Kier alpha value is -0.570. The van der Waals surface area contributed by atoms with Gasteiger partial charge in [0, 0.05) is 6.04 Å². The van der Waals surface area contributed by atoms with E-state index in [2.05, 4.69) is 31.4 Å². The maximum atomic E-state index is 12.8. The molecular formula is C18H30N2O. The Kier molecular flexibility index (Phi) is 2.99. The fourth-order valence-corrected chi connectivity index (χ4v) is 6.16. The van der Waals surface area contributed by atoms with Crippen LogP contribution in [0, 0.1) is 28.6 Å². The fraction of sp³-hybridized carbons (Fsp3) is 0.944. The molecule has 118 valence electrons. The molecule has 0 aromatic heterocycles. The van der Waals surface area contributed by atoms with Crippen LogP contribution in [0.4, 0.5) is 0 Å². The van der Waals surface area contributed by atoms with Crippen molar-refractivity contribution in [2.45, 2.75) is 71.4 Å². The molecule has 4 aliphatic rings. The third-order valence-corrected chi connectivity index (χ3v) is 8.14. The Balaban J connectivity index is 1.46. The molecule has 1 aliphatic heterocycles. The third kappa shape index (κ3) is 1.79. The van der Waals surface area contributed by atoms with Crippen molar-refractivity contribution in [3.63, 3.8) is 0 Å². The summed E-state index contributed by atoms with van der Waals surface area (Å²) in [5.74, 6) is 2.44. The SMILES string of the molecule is CC1(C)C2CCC1(C)C(NC(=O)C1NCC3CCCC31)C2. The topological polar surface area (TPSA) is 41.1 Å². The van der Waals surface area contributed by atoms with Crippen LogP contribution in [0.15, 0.2) is 0 Å². The van der Waals surface area contributed by atoms with Crippen LogP contribution in [0.2, 0.25) is 0 Å². The molecule has 4 fully saturated rings. The van der Waals surface area contributed by atoms with Gasteiger partial charge in [0.15, 0.2) is 0 Å². The molecule has 0 radical (unpaired) electrons. The minimum Gasteiger partial charge on any atom is -0.351 e. The largest absolute Gasteiger partial charge is 0.351 e. The van der Waals surface area contributed by atoms with Gasteiger partial charge in [0.2, 0.25) is 5.91 Å². The summed E-state index contributed by atoms with van der Waals surface area (Å²) in [5, 5.41) is 6.96. The first-order chi connectivity index (χ1) is 9.93. The Morgan fingerprint density at radius 3 is 2.67 bits per heavy atom. The van der Waals surface area contributed by atoms with E-state index in [0.29, 0.717) is 28.7 Å². The predicted octanol–water partition coefficient (Wildman–Crippen LogP) is 2.71. The van der Waals surface area contributed by atoms with E-state index in [0.717, 1.165) is 18.4 Å². The number of rotatable bonds is 2. The van der Waals surface area contributed by atoms with Gasteiger partial charge in [0.25, 0.3) is 0 Å². The van der Waals surface area contributed by atoms with Crippen molar-refractivity contribution in [2.75, 3.05) is 6.54 Å². The van der Waals surface area contributed by atoms with Gasteiger partial charge >= 0.3 is 0 Å². The van der Waals surface area contributed by atoms with Gasteiger partial charge in [-0.1, -0.05) is 27.2 Å². The molecule has 21 heavy (non-hydrogen) atoms. The summed E-state index contributed by atoms with van der Waals surface area (Å²) in [5.41, 5.74) is 0.672. The summed E-state index contributed by atoms with van der Waals surface area (Å²) >= 11 is 0. The zero-order valence-corrected chi connectivity index (χ0v) is 13.7. The second-order valence-corrected chi connectivity index (χ2v) is 8.91. The lowest BCUT2D eigenvalue weighted by Gasteiger charge is -2.40. The van der Waals surface area contributed by atoms with E-state index in [1.54, 1.807) is 0 Å². The molecule has 2 N–H and O–H groups in total. The van der Waals surface area contributed by atoms with Gasteiger partial charge in [-0.05, 0) is 67.2 Å². The summed E-state index contributed by atoms with van der Waals surface area (Å²) in [6, 6.07) is 0.476. The highest BCUT2D eigenvalue weighted by molar-refractivity contribution is 5.83. The minimum absolute atomic E-state index is 0.0864. The van der Waals surface area contributed by atoms with Gasteiger partial charge in [-0.25, -0.2) is 0 Å². The lowest BCUT2D eigenvalue weighted by atomic mass is 9.69. The number of hydrogen-bond acceptors (Lipinski definition) is 2. The number of nitrogens with one attached hydrogen (secondary N) is 2. The quantitative estimate of drug-likeness (QED) is 0.821. The first-order valence-corrected chi connectivity index (χ1v) is 8.97. The van der Waals surface area contributed by atoms with Crippen molar-refractivity contribution >= 4 is 5.91 Å². The van der Waals surface area contributed by atoms with E-state index < -0.39 is 0 Å². The Morgan fingerprint density at radius 2 is 2.00 bits per heavy atom. The molecule has 3 nitrogen and oxygen atoms in total. The predicted molar refractivity (Wildman–Crippen MR) is 83.8 cm³/mol. The average molecular weight is 290 g/mol. The normalized spacial score (nSPS) is 50.3. The summed E-state index contributed by atoms with van der Waals surface area (Å²) in [4.78, 5) is 12.8. The molecule has 6 atom stereocenters. The fourth-order valence-electron chi connectivity index (χ4n) is 6.16. The molecule has 1 saturated heterocycles. The van der Waals surface area contributed by atoms with Gasteiger partial charge in [-0.3, -0.25) is 4.79 Å². The molecule has 3 saturated carbocycles. The van der Waals surface area contributed by atoms with E-state index in [9.17, 15) is 4.79 Å². The lowest BCUT2D eigenvalue weighted by Crippen LogP contribution is -2.52. The number of amides is 1. The molecule has 3 aliphatic carbocycles. The van der Waals surface area contributed by atoms with Crippen LogP contribution >= 0.6 is 0 Å². The van der Waals surface area contributed by atoms with Gasteiger partial charge in [-0.15, -0.1) is 0 Å². The average Bonchev–Trinajstić information content (AvgIpc) is 3.10. The van der Waals surface area contributed by atoms with Gasteiger partial charge in [-0.2, -0.15) is 0 Å². The first-order valence-electron chi connectivity index (χ1n) is 8.97. The first kappa shape index (κ1) is 14.0. The molecule has 6 unspecified atom stereocenters. The zero-order valence-electron chi connectivity index (χ0n) is 13.7. The van der Waals surface area contributed by atoms with Crippen LogP contribution in [-0.4, -0.2) is 24.5 Å². The summed E-state index contributed by atoms with van der Waals surface area (Å²) in [7, 11) is 0. The van der Waals surface area contributed by atoms with E-state index in [1.807, 2.05) is 0 Å². The molecular weight excluding hydrogens is 260 g/mol. The van der Waals surface area contributed by atoms with Crippen molar-refractivity contribution < 1.29 is 4.79 Å². The highest BCUT2D eigenvalue weighted by Crippen LogP contribution is 2.65. The Morgan fingerprint density at radius 1 is 1.19 bits per heavy atom. The maximum Gasteiger partial charge on any atom is 0.237 e. The molecule has 0 spiro atoms. The van der Waals surface area contributed by atoms with Crippen molar-refractivity contribution in [2.24, 2.45) is 28.6 Å². The van der Waals surface area contributed by atoms with Crippen LogP contribution in [0.25, 0.3) is 0 Å². The van der Waals surface area contributed by atoms with Gasteiger partial charge < -0.3 is 10.6 Å². The summed E-state index contributed by atoms with van der Waals surface area (Å²) < 4.78 is 0. The zero-order chi connectivity index (χ0) is 14.8. The standard InChI is InChI=1S/C18H30N2O/c1-17(2)12-7-8-18(17,3)14(9-12)20-16(21)15-13-6-4-5-11(13)10-19-15/h11-15,19H,4-10H2,1-3H3,(H,20,21). The maximum absolute atomic E-state index is 12.8. The summed E-state index contributed by atoms with van der Waals surface area (Å²) in [6.45, 7) is 8.29. The number of carbonyl (C=O) groups excluding carboxylic acids is 1. The van der Waals surface area contributed by atoms with Gasteiger partial charge in [0.1, 0.15) is 0 Å². The second-order valence-electron chi connectivity index (χ2n) is 8.91. The van der Waals surface area contributed by atoms with E-state index in [4.69, 9.17) is 0 Å². The molecule has 1 heterocycles. The molecule has 4 rings (SSSR count). The van der Waals surface area contributed by atoms with Crippen molar-refractivity contribution in [3.05, 3.63) is 0 Å². The molecule has 0 aromatic rings. The molecule has 2 bridgehead atoms. The Labute approximate surface area is 128 Å². The minimum atomic E-state index is 0.0864. The Bertz CT molecular complexity index is 460. The molecule has 3 heteroatoms. The van der Waals surface area contributed by atoms with E-state index >= 15 is 0 Å². The van der Waals surface area contributed by atoms with E-state index in [-0.39, 0.29) is 6.04 Å². The lowest BCUT2D eigenvalue weighted by molar-refractivity contribution is -0.125. The molecule has 0 aromatic carbocycles. The van der Waals surface area contributed by atoms with Crippen molar-refractivity contribution in [3.8, 4) is 0 Å². The van der Waals surface area contributed by atoms with E-state index in [1.165, 1.54) is 38.5 Å². The van der Waals surface area contributed by atoms with Gasteiger partial charge in [0.05, 0.1) is 6.04 Å². The smallest absolute Gasteiger partial charge is 0.237 e. The number of hydrogen-bond donors (Lipinski definition) is 2. The monoisotopic (exact) mass is 290 g/mol. The van der Waals surface area contributed by atoms with Crippen LogP contribution in [0.5, 0.6) is 0 Å². The highest BCUT2D eigenvalue weighted by Gasteiger charge is 2.61. The van der Waals surface area contributed by atoms with Crippen molar-refractivity contribution in [1.82, 2.24) is 10.6 Å².